The lowest BCUT2D eigenvalue weighted by molar-refractivity contribution is -0.117. The number of hydrogen-bond acceptors (Lipinski definition) is 6. The molecule has 1 aromatic carbocycles. The summed E-state index contributed by atoms with van der Waals surface area (Å²) in [5, 5.41) is 0. The van der Waals surface area contributed by atoms with Gasteiger partial charge in [0.1, 0.15) is 17.6 Å². The Labute approximate surface area is 172 Å². The molecule has 0 N–H and O–H groups in total. The van der Waals surface area contributed by atoms with E-state index in [1.807, 2.05) is 25.1 Å². The lowest BCUT2D eigenvalue weighted by Gasteiger charge is -2.22. The summed E-state index contributed by atoms with van der Waals surface area (Å²) in [6, 6.07) is 10.0. The van der Waals surface area contributed by atoms with Gasteiger partial charge >= 0.3 is 0 Å². The maximum Gasteiger partial charge on any atom is 0.259 e. The molecule has 156 valence electrons. The molecule has 0 unspecified atom stereocenters. The van der Waals surface area contributed by atoms with Gasteiger partial charge in [0.25, 0.3) is 5.88 Å². The molecule has 1 saturated heterocycles. The second kappa shape index (κ2) is 9.63. The van der Waals surface area contributed by atoms with Gasteiger partial charge in [0, 0.05) is 25.6 Å². The summed E-state index contributed by atoms with van der Waals surface area (Å²) in [5.74, 6) is 2.48. The highest BCUT2D eigenvalue weighted by Crippen LogP contribution is 2.37. The summed E-state index contributed by atoms with van der Waals surface area (Å²) in [7, 11) is 1.64. The molecule has 0 bridgehead atoms. The van der Waals surface area contributed by atoms with Gasteiger partial charge in [-0.1, -0.05) is 19.1 Å². The third kappa shape index (κ3) is 5.19. The SMILES string of the molecule is CCOc1nccc(N2CC[C@@H](Oc3ccc([C@H](C)CC(C)=O)cc3)C2)c1OC. The van der Waals surface area contributed by atoms with E-state index < -0.39 is 0 Å². The maximum absolute atomic E-state index is 11.3. The fourth-order valence-electron chi connectivity index (χ4n) is 3.76. The number of benzene rings is 1. The van der Waals surface area contributed by atoms with Crippen LogP contribution in [0.3, 0.4) is 0 Å². The average Bonchev–Trinajstić information content (AvgIpc) is 3.16. The molecule has 6 heteroatoms. The smallest absolute Gasteiger partial charge is 0.259 e. The van der Waals surface area contributed by atoms with Crippen LogP contribution in [-0.2, 0) is 4.79 Å². The van der Waals surface area contributed by atoms with Crippen molar-refractivity contribution in [2.24, 2.45) is 0 Å². The van der Waals surface area contributed by atoms with Crippen LogP contribution in [0.4, 0.5) is 5.69 Å². The molecular formula is C23H30N2O4. The predicted molar refractivity (Wildman–Crippen MR) is 113 cm³/mol. The first-order valence-electron chi connectivity index (χ1n) is 10.2. The zero-order valence-corrected chi connectivity index (χ0v) is 17.7. The van der Waals surface area contributed by atoms with E-state index in [0.717, 1.165) is 36.5 Å². The minimum absolute atomic E-state index is 0.101. The van der Waals surface area contributed by atoms with E-state index in [1.54, 1.807) is 20.2 Å². The van der Waals surface area contributed by atoms with Crippen molar-refractivity contribution < 1.29 is 19.0 Å². The summed E-state index contributed by atoms with van der Waals surface area (Å²) in [6.45, 7) is 7.83. The van der Waals surface area contributed by atoms with Gasteiger partial charge in [-0.05, 0) is 43.5 Å². The Morgan fingerprint density at radius 1 is 1.28 bits per heavy atom. The van der Waals surface area contributed by atoms with Crippen molar-refractivity contribution in [3.8, 4) is 17.4 Å². The van der Waals surface area contributed by atoms with Gasteiger partial charge in [0.05, 0.1) is 25.9 Å². The van der Waals surface area contributed by atoms with E-state index in [4.69, 9.17) is 14.2 Å². The number of aromatic nitrogens is 1. The monoisotopic (exact) mass is 398 g/mol. The van der Waals surface area contributed by atoms with E-state index in [2.05, 4.69) is 28.9 Å². The van der Waals surface area contributed by atoms with Crippen LogP contribution in [0, 0.1) is 0 Å². The van der Waals surface area contributed by atoms with Crippen LogP contribution in [0.15, 0.2) is 36.5 Å². The van der Waals surface area contributed by atoms with Crippen molar-refractivity contribution in [2.45, 2.75) is 45.6 Å². The largest absolute Gasteiger partial charge is 0.490 e. The number of ketones is 1. The Morgan fingerprint density at radius 2 is 2.03 bits per heavy atom. The molecule has 29 heavy (non-hydrogen) atoms. The molecule has 3 rings (SSSR count). The number of pyridine rings is 1. The van der Waals surface area contributed by atoms with Crippen molar-refractivity contribution in [1.29, 1.82) is 0 Å². The van der Waals surface area contributed by atoms with E-state index in [0.29, 0.717) is 24.7 Å². The van der Waals surface area contributed by atoms with Crippen LogP contribution >= 0.6 is 0 Å². The van der Waals surface area contributed by atoms with Crippen molar-refractivity contribution in [2.75, 3.05) is 31.7 Å². The molecule has 0 amide bonds. The molecule has 1 aliphatic rings. The highest BCUT2D eigenvalue weighted by molar-refractivity contribution is 5.76. The molecule has 0 saturated carbocycles. The third-order valence-corrected chi connectivity index (χ3v) is 5.17. The third-order valence-electron chi connectivity index (χ3n) is 5.17. The number of carbonyl (C=O) groups excluding carboxylic acids is 1. The lowest BCUT2D eigenvalue weighted by atomic mass is 9.96. The topological polar surface area (TPSA) is 60.9 Å². The van der Waals surface area contributed by atoms with Crippen molar-refractivity contribution in [3.63, 3.8) is 0 Å². The fraction of sp³-hybridized carbons (Fsp3) is 0.478. The first-order chi connectivity index (χ1) is 14.0. The summed E-state index contributed by atoms with van der Waals surface area (Å²) in [5.41, 5.74) is 2.14. The van der Waals surface area contributed by atoms with Crippen molar-refractivity contribution in [3.05, 3.63) is 42.1 Å². The molecule has 2 atom stereocenters. The van der Waals surface area contributed by atoms with Crippen LogP contribution < -0.4 is 19.1 Å². The molecule has 0 spiro atoms. The molecule has 2 heterocycles. The molecule has 1 aliphatic heterocycles. The Kier molecular flexibility index (Phi) is 6.96. The molecule has 6 nitrogen and oxygen atoms in total. The number of Topliss-reactive ketones (excluding diaryl/α,β-unsaturated/α-hetero) is 1. The van der Waals surface area contributed by atoms with Gasteiger partial charge < -0.3 is 23.9 Å². The van der Waals surface area contributed by atoms with Crippen LogP contribution in [0.1, 0.15) is 45.1 Å². The second-order valence-electron chi connectivity index (χ2n) is 7.45. The number of ether oxygens (including phenoxy) is 3. The number of carbonyl (C=O) groups is 1. The highest BCUT2D eigenvalue weighted by Gasteiger charge is 2.27. The quantitative estimate of drug-likeness (QED) is 0.630. The molecule has 1 aromatic heterocycles. The van der Waals surface area contributed by atoms with E-state index in [1.165, 1.54) is 0 Å². The van der Waals surface area contributed by atoms with Gasteiger partial charge in [-0.3, -0.25) is 0 Å². The van der Waals surface area contributed by atoms with Gasteiger partial charge in [0.2, 0.25) is 5.75 Å². The van der Waals surface area contributed by atoms with Gasteiger partial charge in [-0.2, -0.15) is 0 Å². The van der Waals surface area contributed by atoms with Gasteiger partial charge in [-0.15, -0.1) is 0 Å². The van der Waals surface area contributed by atoms with Crippen LogP contribution in [0.5, 0.6) is 17.4 Å². The summed E-state index contributed by atoms with van der Waals surface area (Å²) < 4.78 is 17.4. The molecular weight excluding hydrogens is 368 g/mol. The van der Waals surface area contributed by atoms with Gasteiger partial charge in [-0.25, -0.2) is 4.98 Å². The lowest BCUT2D eigenvalue weighted by Crippen LogP contribution is -2.25. The van der Waals surface area contributed by atoms with E-state index in [-0.39, 0.29) is 17.8 Å². The molecule has 0 aliphatic carbocycles. The minimum atomic E-state index is 0.101. The number of rotatable bonds is 9. The Balaban J connectivity index is 1.63. The second-order valence-corrected chi connectivity index (χ2v) is 7.45. The number of nitrogens with zero attached hydrogens (tertiary/aromatic N) is 2. The van der Waals surface area contributed by atoms with Crippen molar-refractivity contribution in [1.82, 2.24) is 4.98 Å². The molecule has 0 radical (unpaired) electrons. The maximum atomic E-state index is 11.3. The first-order valence-corrected chi connectivity index (χ1v) is 10.2. The standard InChI is InChI=1S/C23H30N2O4/c1-5-28-23-22(27-4)21(10-12-24-23)25-13-11-20(15-25)29-19-8-6-18(7-9-19)16(2)14-17(3)26/h6-10,12,16,20H,5,11,13-15H2,1-4H3/t16-,20-/m1/s1. The number of anilines is 1. The average molecular weight is 399 g/mol. The first kappa shape index (κ1) is 21.0. The Hall–Kier alpha value is -2.76. The minimum Gasteiger partial charge on any atom is -0.490 e. The highest BCUT2D eigenvalue weighted by atomic mass is 16.5. The summed E-state index contributed by atoms with van der Waals surface area (Å²) in [6.07, 6.45) is 3.34. The number of methoxy groups -OCH3 is 1. The zero-order valence-electron chi connectivity index (χ0n) is 17.7. The van der Waals surface area contributed by atoms with E-state index >= 15 is 0 Å². The van der Waals surface area contributed by atoms with Crippen molar-refractivity contribution >= 4 is 11.5 Å². The normalized spacial score (nSPS) is 17.1. The van der Waals surface area contributed by atoms with Crippen LogP contribution in [0.2, 0.25) is 0 Å². The predicted octanol–water partition coefficient (Wildman–Crippen LogP) is 4.23. The zero-order chi connectivity index (χ0) is 20.8. The Bertz CT molecular complexity index is 822. The van der Waals surface area contributed by atoms with Crippen LogP contribution in [0.25, 0.3) is 0 Å². The summed E-state index contributed by atoms with van der Waals surface area (Å²) >= 11 is 0. The molecule has 2 aromatic rings. The fourth-order valence-corrected chi connectivity index (χ4v) is 3.76. The van der Waals surface area contributed by atoms with E-state index in [9.17, 15) is 4.79 Å². The van der Waals surface area contributed by atoms with Crippen LogP contribution in [-0.4, -0.2) is 43.7 Å². The Morgan fingerprint density at radius 3 is 2.69 bits per heavy atom. The summed E-state index contributed by atoms with van der Waals surface area (Å²) in [4.78, 5) is 17.8. The number of hydrogen-bond donors (Lipinski definition) is 0. The molecule has 1 fully saturated rings. The van der Waals surface area contributed by atoms with Gasteiger partial charge in [0.15, 0.2) is 0 Å².